The highest BCUT2D eigenvalue weighted by Gasteiger charge is 2.29. The number of rotatable bonds is 5. The molecule has 0 aromatic carbocycles. The maximum Gasteiger partial charge on any atom is 0.355 e. The zero-order valence-electron chi connectivity index (χ0n) is 18.2. The van der Waals surface area contributed by atoms with Gasteiger partial charge in [0.05, 0.1) is 17.9 Å². The van der Waals surface area contributed by atoms with Gasteiger partial charge in [-0.15, -0.1) is 0 Å². The molecule has 0 fully saturated rings. The van der Waals surface area contributed by atoms with Crippen molar-refractivity contribution in [3.05, 3.63) is 64.4 Å². The normalized spacial score (nSPS) is 13.8. The molecule has 32 heavy (non-hydrogen) atoms. The Morgan fingerprint density at radius 2 is 1.88 bits per heavy atom. The first kappa shape index (κ1) is 21.2. The van der Waals surface area contributed by atoms with Gasteiger partial charge in [0.15, 0.2) is 5.78 Å². The molecule has 0 radical (unpaired) electrons. The van der Waals surface area contributed by atoms with E-state index < -0.39 is 5.97 Å². The molecule has 1 aliphatic rings. The molecule has 0 unspecified atom stereocenters. The van der Waals surface area contributed by atoms with Crippen LogP contribution in [0.1, 0.15) is 57.2 Å². The van der Waals surface area contributed by atoms with Crippen LogP contribution in [0.15, 0.2) is 30.6 Å². The number of nitrogens with one attached hydrogen (secondary N) is 2. The van der Waals surface area contributed by atoms with Crippen molar-refractivity contribution in [1.29, 1.82) is 0 Å². The number of aryl methyl sites for hydroxylation is 1. The van der Waals surface area contributed by atoms with E-state index in [1.54, 1.807) is 32.3 Å². The van der Waals surface area contributed by atoms with Crippen LogP contribution in [-0.4, -0.2) is 39.2 Å². The van der Waals surface area contributed by atoms with Crippen LogP contribution in [-0.2, 0) is 9.53 Å². The number of carbonyl (C=O) groups is 3. The summed E-state index contributed by atoms with van der Waals surface area (Å²) in [6, 6.07) is 5.64. The van der Waals surface area contributed by atoms with Gasteiger partial charge in [0.1, 0.15) is 11.5 Å². The Kier molecular flexibility index (Phi) is 5.44. The van der Waals surface area contributed by atoms with Crippen LogP contribution in [0.25, 0.3) is 22.8 Å². The highest BCUT2D eigenvalue weighted by atomic mass is 16.5. The van der Waals surface area contributed by atoms with Gasteiger partial charge in [-0.2, -0.15) is 0 Å². The zero-order chi connectivity index (χ0) is 23.0. The first-order valence-electron chi connectivity index (χ1n) is 10.2. The lowest BCUT2D eigenvalue weighted by molar-refractivity contribution is -0.110. The van der Waals surface area contributed by atoms with Gasteiger partial charge >= 0.3 is 5.97 Å². The van der Waals surface area contributed by atoms with Crippen LogP contribution in [0.5, 0.6) is 0 Å². The third-order valence-corrected chi connectivity index (χ3v) is 5.37. The Morgan fingerprint density at radius 1 is 1.16 bits per heavy atom. The number of amides is 1. The first-order valence-corrected chi connectivity index (χ1v) is 10.2. The maximum atomic E-state index is 12.8. The van der Waals surface area contributed by atoms with E-state index >= 15 is 0 Å². The molecule has 162 valence electrons. The van der Waals surface area contributed by atoms with E-state index in [0.29, 0.717) is 33.8 Å². The molecule has 1 amide bonds. The highest BCUT2D eigenvalue weighted by molar-refractivity contribution is 6.34. The van der Waals surface area contributed by atoms with Crippen LogP contribution >= 0.6 is 0 Å². The minimum Gasteiger partial charge on any atom is -0.461 e. The second kappa shape index (κ2) is 8.22. The summed E-state index contributed by atoms with van der Waals surface area (Å²) in [4.78, 5) is 49.0. The predicted octanol–water partition coefficient (Wildman–Crippen LogP) is 3.96. The zero-order valence-corrected chi connectivity index (χ0v) is 18.2. The van der Waals surface area contributed by atoms with Crippen molar-refractivity contribution in [3.63, 3.8) is 0 Å². The Labute approximate surface area is 184 Å². The number of fused-ring (bicyclic) bond motifs is 1. The second-order valence-corrected chi connectivity index (χ2v) is 7.46. The quantitative estimate of drug-likeness (QED) is 0.360. The van der Waals surface area contributed by atoms with Gasteiger partial charge in [0, 0.05) is 34.8 Å². The number of anilines is 1. The number of pyridine rings is 2. The molecule has 3 aromatic rings. The lowest BCUT2D eigenvalue weighted by atomic mass is 9.99. The number of esters is 1. The molecule has 4 rings (SSSR count). The molecule has 0 saturated heterocycles. The molecular formula is C24H22N4O4. The number of ketones is 1. The first-order chi connectivity index (χ1) is 15.3. The number of ether oxygens (including phenoxy) is 1. The minimum atomic E-state index is -0.550. The van der Waals surface area contributed by atoms with Crippen LogP contribution in [0.4, 0.5) is 5.82 Å². The lowest BCUT2D eigenvalue weighted by Gasteiger charge is -2.08. The summed E-state index contributed by atoms with van der Waals surface area (Å²) >= 11 is 0. The van der Waals surface area contributed by atoms with Crippen molar-refractivity contribution >= 4 is 35.1 Å². The molecule has 0 atom stereocenters. The Bertz CT molecular complexity index is 1290. The number of carbonyl (C=O) groups excluding carboxylic acids is 3. The molecule has 8 heteroatoms. The third-order valence-electron chi connectivity index (χ3n) is 5.37. The Hall–Kier alpha value is -4.07. The molecule has 0 aliphatic carbocycles. The van der Waals surface area contributed by atoms with Crippen molar-refractivity contribution in [2.24, 2.45) is 0 Å². The fraction of sp³-hybridized carbons (Fsp3) is 0.208. The van der Waals surface area contributed by atoms with Crippen molar-refractivity contribution in [1.82, 2.24) is 15.0 Å². The van der Waals surface area contributed by atoms with E-state index in [9.17, 15) is 14.4 Å². The number of aromatic nitrogens is 3. The van der Waals surface area contributed by atoms with Crippen molar-refractivity contribution in [2.75, 3.05) is 11.9 Å². The van der Waals surface area contributed by atoms with Gasteiger partial charge in [-0.3, -0.25) is 14.6 Å². The summed E-state index contributed by atoms with van der Waals surface area (Å²) in [6.07, 6.45) is 4.97. The number of hydrogen-bond acceptors (Lipinski definition) is 6. The monoisotopic (exact) mass is 430 g/mol. The molecule has 0 bridgehead atoms. The minimum absolute atomic E-state index is 0.196. The topological polar surface area (TPSA) is 114 Å². The van der Waals surface area contributed by atoms with Crippen molar-refractivity contribution < 1.29 is 19.1 Å². The van der Waals surface area contributed by atoms with E-state index in [1.165, 1.54) is 6.92 Å². The van der Waals surface area contributed by atoms with Gasteiger partial charge < -0.3 is 15.0 Å². The molecule has 8 nitrogen and oxygen atoms in total. The maximum absolute atomic E-state index is 12.8. The Morgan fingerprint density at radius 3 is 2.53 bits per heavy atom. The smallest absolute Gasteiger partial charge is 0.355 e. The summed E-state index contributed by atoms with van der Waals surface area (Å²) in [5, 5.41) is 2.78. The van der Waals surface area contributed by atoms with Crippen molar-refractivity contribution in [2.45, 2.75) is 27.7 Å². The average molecular weight is 430 g/mol. The van der Waals surface area contributed by atoms with Crippen LogP contribution in [0, 0.1) is 13.8 Å². The van der Waals surface area contributed by atoms with Gasteiger partial charge in [0.2, 0.25) is 0 Å². The van der Waals surface area contributed by atoms with E-state index in [1.807, 2.05) is 25.1 Å². The molecule has 3 aromatic heterocycles. The van der Waals surface area contributed by atoms with E-state index in [2.05, 4.69) is 20.3 Å². The van der Waals surface area contributed by atoms with Gasteiger partial charge in [-0.1, -0.05) is 0 Å². The van der Waals surface area contributed by atoms with E-state index in [-0.39, 0.29) is 24.0 Å². The molecular weight excluding hydrogens is 408 g/mol. The van der Waals surface area contributed by atoms with Gasteiger partial charge in [-0.05, 0) is 63.1 Å². The van der Waals surface area contributed by atoms with Crippen LogP contribution in [0.2, 0.25) is 0 Å². The number of aromatic amines is 1. The highest BCUT2D eigenvalue weighted by Crippen LogP contribution is 2.37. The largest absolute Gasteiger partial charge is 0.461 e. The average Bonchev–Trinajstić information content (AvgIpc) is 3.24. The molecule has 0 saturated carbocycles. The standard InChI is InChI=1S/C24H22N4O4/c1-5-32-24(31)21-12(2)20(14(4)29)19(27-21)11-18-17-10-16(15-6-8-25-9-7-15)13(3)26-22(17)28-23(18)30/h6-11,27H,5H2,1-4H3,(H,26,28,30). The lowest BCUT2D eigenvalue weighted by Crippen LogP contribution is -2.07. The third kappa shape index (κ3) is 3.60. The Balaban J connectivity index is 1.87. The fourth-order valence-corrected chi connectivity index (χ4v) is 3.90. The van der Waals surface area contributed by atoms with Gasteiger partial charge in [0.25, 0.3) is 5.91 Å². The SMILES string of the molecule is CCOC(=O)c1[nH]c(C=C2C(=O)Nc3nc(C)c(-c4ccncc4)cc32)c(C(C)=O)c1C. The summed E-state index contributed by atoms with van der Waals surface area (Å²) < 4.78 is 5.09. The second-order valence-electron chi connectivity index (χ2n) is 7.46. The fourth-order valence-electron chi connectivity index (χ4n) is 3.90. The summed E-state index contributed by atoms with van der Waals surface area (Å²) in [6.45, 7) is 6.89. The number of Topliss-reactive ketones (excluding diaryl/α,β-unsaturated/α-hetero) is 1. The van der Waals surface area contributed by atoms with Crippen molar-refractivity contribution in [3.8, 4) is 11.1 Å². The van der Waals surface area contributed by atoms with E-state index in [0.717, 1.165) is 16.8 Å². The number of nitrogens with zero attached hydrogens (tertiary/aromatic N) is 2. The number of H-pyrrole nitrogens is 1. The van der Waals surface area contributed by atoms with Gasteiger partial charge in [-0.25, -0.2) is 9.78 Å². The molecule has 4 heterocycles. The molecule has 0 spiro atoms. The summed E-state index contributed by atoms with van der Waals surface area (Å²) in [7, 11) is 0. The predicted molar refractivity (Wildman–Crippen MR) is 120 cm³/mol. The summed E-state index contributed by atoms with van der Waals surface area (Å²) in [5.41, 5.74) is 4.93. The van der Waals surface area contributed by atoms with Crippen LogP contribution < -0.4 is 5.32 Å². The number of hydrogen-bond donors (Lipinski definition) is 2. The van der Waals surface area contributed by atoms with E-state index in [4.69, 9.17) is 4.74 Å². The molecule has 2 N–H and O–H groups in total. The summed E-state index contributed by atoms with van der Waals surface area (Å²) in [5.74, 6) is -0.655. The molecule has 1 aliphatic heterocycles. The van der Waals surface area contributed by atoms with Crippen LogP contribution in [0.3, 0.4) is 0 Å².